The van der Waals surface area contributed by atoms with Crippen molar-refractivity contribution in [2.24, 2.45) is 0 Å². The summed E-state index contributed by atoms with van der Waals surface area (Å²) in [6, 6.07) is 15.7. The zero-order valence-electron chi connectivity index (χ0n) is 30.4. The molecule has 8 nitrogen and oxygen atoms in total. The van der Waals surface area contributed by atoms with Gasteiger partial charge in [-0.1, -0.05) is 121 Å². The molecular formula is C41H64N2O6. The molecule has 1 aliphatic heterocycles. The van der Waals surface area contributed by atoms with Crippen molar-refractivity contribution < 1.29 is 29.3 Å². The Balaban J connectivity index is 1.66. The molecule has 0 radical (unpaired) electrons. The average molecular weight is 681 g/mol. The number of hydrogen-bond acceptors (Lipinski definition) is 6. The number of nitrogens with one attached hydrogen (secondary N) is 1. The van der Waals surface area contributed by atoms with Gasteiger partial charge in [-0.2, -0.15) is 0 Å². The van der Waals surface area contributed by atoms with E-state index in [1.54, 1.807) is 0 Å². The maximum atomic E-state index is 12.5. The number of benzene rings is 2. The van der Waals surface area contributed by atoms with Crippen molar-refractivity contribution in [3.8, 4) is 0 Å². The van der Waals surface area contributed by atoms with Gasteiger partial charge in [0.25, 0.3) is 0 Å². The van der Waals surface area contributed by atoms with E-state index in [1.807, 2.05) is 36.4 Å². The topological polar surface area (TPSA) is 108 Å². The molecule has 0 bridgehead atoms. The lowest BCUT2D eigenvalue weighted by molar-refractivity contribution is -0.253. The van der Waals surface area contributed by atoms with Crippen LogP contribution in [0.3, 0.4) is 0 Å². The van der Waals surface area contributed by atoms with Crippen molar-refractivity contribution in [2.45, 2.75) is 155 Å². The van der Waals surface area contributed by atoms with Crippen LogP contribution in [0.5, 0.6) is 0 Å². The summed E-state index contributed by atoms with van der Waals surface area (Å²) in [7, 11) is 0. The first-order valence-electron chi connectivity index (χ1n) is 19.3. The van der Waals surface area contributed by atoms with Gasteiger partial charge in [-0.05, 0) is 62.0 Å². The molecule has 1 aliphatic rings. The Hall–Kier alpha value is -2.78. The maximum Gasteiger partial charge on any atom is 0.303 e. The van der Waals surface area contributed by atoms with Gasteiger partial charge in [0.05, 0.1) is 18.8 Å². The van der Waals surface area contributed by atoms with Crippen molar-refractivity contribution in [3.05, 3.63) is 65.2 Å². The zero-order chi connectivity index (χ0) is 35.1. The Morgan fingerprint density at radius 2 is 1.27 bits per heavy atom. The molecule has 1 saturated heterocycles. The van der Waals surface area contributed by atoms with Crippen LogP contribution in [0.1, 0.15) is 159 Å². The number of aliphatic hydroxyl groups is 1. The molecule has 2 aromatic rings. The highest BCUT2D eigenvalue weighted by Gasteiger charge is 2.33. The van der Waals surface area contributed by atoms with Crippen LogP contribution in [-0.4, -0.2) is 52.7 Å². The summed E-state index contributed by atoms with van der Waals surface area (Å²) in [5.74, 6) is -0.873. The van der Waals surface area contributed by atoms with Gasteiger partial charge in [0.15, 0.2) is 6.29 Å². The molecule has 274 valence electrons. The molecule has 0 unspecified atom stereocenters. The number of anilines is 1. The Labute approximate surface area is 296 Å². The zero-order valence-corrected chi connectivity index (χ0v) is 30.4. The van der Waals surface area contributed by atoms with Gasteiger partial charge in [0.2, 0.25) is 5.91 Å². The standard InChI is InChI=1S/C41H64N2O6/c1-3-5-7-9-11-16-28-43(29-17-12-10-8-6-4-2)31-37-30-38(34-22-20-33(32-44)21-23-34)49-41(48-37)35-24-26-36(27-25-35)42-39(45)18-14-13-15-19-40(46)47/h20-27,37-38,41,44H,3-19,28-32H2,1-2H3,(H,42,45)(H,46,47)/t37-,38+,41+/m0/s1. The fourth-order valence-electron chi connectivity index (χ4n) is 6.53. The van der Waals surface area contributed by atoms with Gasteiger partial charge in [-0.25, -0.2) is 0 Å². The van der Waals surface area contributed by atoms with Gasteiger partial charge in [0.1, 0.15) is 0 Å². The molecule has 0 saturated carbocycles. The average Bonchev–Trinajstić information content (AvgIpc) is 3.11. The molecule has 1 amide bonds. The summed E-state index contributed by atoms with van der Waals surface area (Å²) in [6.45, 7) is 7.60. The molecule has 0 spiro atoms. The van der Waals surface area contributed by atoms with Crippen LogP contribution < -0.4 is 5.32 Å². The second-order valence-corrected chi connectivity index (χ2v) is 13.8. The van der Waals surface area contributed by atoms with Crippen LogP contribution >= 0.6 is 0 Å². The van der Waals surface area contributed by atoms with Crippen molar-refractivity contribution in [3.63, 3.8) is 0 Å². The molecule has 1 heterocycles. The van der Waals surface area contributed by atoms with E-state index in [1.165, 1.54) is 77.0 Å². The first kappa shape index (κ1) is 40.6. The van der Waals surface area contributed by atoms with Crippen molar-refractivity contribution in [1.29, 1.82) is 0 Å². The highest BCUT2D eigenvalue weighted by atomic mass is 16.7. The van der Waals surface area contributed by atoms with Crippen LogP contribution in [0.4, 0.5) is 5.69 Å². The number of ether oxygens (including phenoxy) is 2. The second kappa shape index (κ2) is 24.4. The molecule has 3 atom stereocenters. The van der Waals surface area contributed by atoms with Gasteiger partial charge in [-0.15, -0.1) is 0 Å². The minimum atomic E-state index is -0.800. The fraction of sp³-hybridized carbons (Fsp3) is 0.659. The lowest BCUT2D eigenvalue weighted by atomic mass is 9.99. The predicted molar refractivity (Wildman–Crippen MR) is 197 cm³/mol. The van der Waals surface area contributed by atoms with Crippen LogP contribution in [0.25, 0.3) is 0 Å². The van der Waals surface area contributed by atoms with Crippen LogP contribution in [0.15, 0.2) is 48.5 Å². The third-order valence-corrected chi connectivity index (χ3v) is 9.49. The van der Waals surface area contributed by atoms with Gasteiger partial charge < -0.3 is 29.9 Å². The molecular weight excluding hydrogens is 616 g/mol. The molecule has 8 heteroatoms. The Morgan fingerprint density at radius 1 is 0.714 bits per heavy atom. The second-order valence-electron chi connectivity index (χ2n) is 13.8. The molecule has 0 aliphatic carbocycles. The maximum absolute atomic E-state index is 12.5. The number of unbranched alkanes of at least 4 members (excludes halogenated alkanes) is 12. The highest BCUT2D eigenvalue weighted by molar-refractivity contribution is 5.90. The molecule has 3 N–H and O–H groups in total. The number of hydrogen-bond donors (Lipinski definition) is 3. The van der Waals surface area contributed by atoms with E-state index in [0.29, 0.717) is 24.9 Å². The largest absolute Gasteiger partial charge is 0.481 e. The molecule has 3 rings (SSSR count). The number of carbonyl (C=O) groups is 2. The normalized spacial score (nSPS) is 17.8. The van der Waals surface area contributed by atoms with Crippen LogP contribution in [0.2, 0.25) is 0 Å². The lowest BCUT2D eigenvalue weighted by Crippen LogP contribution is -2.40. The quantitative estimate of drug-likeness (QED) is 0.0849. The highest BCUT2D eigenvalue weighted by Crippen LogP contribution is 2.38. The van der Waals surface area contributed by atoms with Gasteiger partial charge in [0, 0.05) is 37.1 Å². The molecule has 1 fully saturated rings. The number of aliphatic carboxylic acids is 1. The fourth-order valence-corrected chi connectivity index (χ4v) is 6.53. The summed E-state index contributed by atoms with van der Waals surface area (Å²) in [5.41, 5.74) is 3.59. The Bertz CT molecular complexity index is 1160. The third-order valence-electron chi connectivity index (χ3n) is 9.49. The minimum Gasteiger partial charge on any atom is -0.481 e. The van der Waals surface area contributed by atoms with Crippen molar-refractivity contribution in [2.75, 3.05) is 25.0 Å². The lowest BCUT2D eigenvalue weighted by Gasteiger charge is -2.38. The van der Waals surface area contributed by atoms with E-state index < -0.39 is 12.3 Å². The van der Waals surface area contributed by atoms with E-state index >= 15 is 0 Å². The van der Waals surface area contributed by atoms with E-state index in [2.05, 4.69) is 36.2 Å². The summed E-state index contributed by atoms with van der Waals surface area (Å²) in [4.78, 5) is 25.8. The number of aliphatic hydroxyl groups excluding tert-OH is 1. The van der Waals surface area contributed by atoms with Gasteiger partial charge >= 0.3 is 5.97 Å². The number of carbonyl (C=O) groups excluding carboxylic acids is 1. The Kier molecular flexibility index (Phi) is 20.2. The Morgan fingerprint density at radius 3 is 1.86 bits per heavy atom. The number of amides is 1. The van der Waals surface area contributed by atoms with Crippen molar-refractivity contribution >= 4 is 17.6 Å². The molecule has 2 aromatic carbocycles. The van der Waals surface area contributed by atoms with Gasteiger partial charge in [-0.3, -0.25) is 9.59 Å². The number of carboxylic acids is 1. The van der Waals surface area contributed by atoms with E-state index in [0.717, 1.165) is 49.2 Å². The molecule has 0 aromatic heterocycles. The number of nitrogens with zero attached hydrogens (tertiary/aromatic N) is 1. The minimum absolute atomic E-state index is 0.00181. The summed E-state index contributed by atoms with van der Waals surface area (Å²) in [6.07, 6.45) is 18.0. The van der Waals surface area contributed by atoms with E-state index in [4.69, 9.17) is 14.6 Å². The van der Waals surface area contributed by atoms with Crippen LogP contribution in [-0.2, 0) is 25.7 Å². The predicted octanol–water partition coefficient (Wildman–Crippen LogP) is 9.72. The number of carboxylic acid groups (broad SMARTS) is 1. The summed E-state index contributed by atoms with van der Waals surface area (Å²) < 4.78 is 13.3. The van der Waals surface area contributed by atoms with E-state index in [-0.39, 0.29) is 31.1 Å². The van der Waals surface area contributed by atoms with Crippen molar-refractivity contribution in [1.82, 2.24) is 4.90 Å². The summed E-state index contributed by atoms with van der Waals surface area (Å²) in [5, 5.41) is 21.3. The van der Waals surface area contributed by atoms with Crippen LogP contribution in [0, 0.1) is 0 Å². The SMILES string of the molecule is CCCCCCCCN(CCCCCCCC)C[C@@H]1C[C@H](c2ccc(CO)cc2)O[C@H](c2ccc(NC(=O)CCCCCC(=O)O)cc2)O1. The first-order chi connectivity index (χ1) is 23.9. The summed E-state index contributed by atoms with van der Waals surface area (Å²) >= 11 is 0. The number of rotatable bonds is 26. The van der Waals surface area contributed by atoms with E-state index in [9.17, 15) is 14.7 Å². The monoisotopic (exact) mass is 680 g/mol. The first-order valence-corrected chi connectivity index (χ1v) is 19.3. The smallest absolute Gasteiger partial charge is 0.303 e. The third kappa shape index (κ3) is 16.7. The molecule has 49 heavy (non-hydrogen) atoms.